The van der Waals surface area contributed by atoms with Crippen LogP contribution in [-0.4, -0.2) is 70.2 Å². The summed E-state index contributed by atoms with van der Waals surface area (Å²) in [5.74, 6) is -0.819. The minimum absolute atomic E-state index is 0.0284. The van der Waals surface area contributed by atoms with Gasteiger partial charge in [0.1, 0.15) is 12.6 Å². The fourth-order valence-corrected chi connectivity index (χ4v) is 4.98. The van der Waals surface area contributed by atoms with E-state index in [-0.39, 0.29) is 24.7 Å². The van der Waals surface area contributed by atoms with Gasteiger partial charge in [-0.2, -0.15) is 0 Å². The molecule has 1 heterocycles. The smallest absolute Gasteiger partial charge is 0.407 e. The molecule has 4 rings (SSSR count). The number of aryl methyl sites for hydroxylation is 1. The number of rotatable bonds is 11. The van der Waals surface area contributed by atoms with Crippen LogP contribution in [0.25, 0.3) is 0 Å². The Morgan fingerprint density at radius 2 is 1.57 bits per heavy atom. The normalized spacial score (nSPS) is 17.1. The molecule has 0 unspecified atom stereocenters. The summed E-state index contributed by atoms with van der Waals surface area (Å²) in [6.45, 7) is 1.29. The van der Waals surface area contributed by atoms with Crippen LogP contribution < -0.4 is 21.3 Å². The van der Waals surface area contributed by atoms with E-state index in [0.717, 1.165) is 23.1 Å². The molecule has 3 atom stereocenters. The number of amides is 3. The van der Waals surface area contributed by atoms with Crippen molar-refractivity contribution in [2.45, 2.75) is 36.9 Å². The minimum atomic E-state index is -0.949. The van der Waals surface area contributed by atoms with Crippen LogP contribution in [0.15, 0.2) is 84.9 Å². The van der Waals surface area contributed by atoms with E-state index in [1.807, 2.05) is 84.9 Å². The molecule has 3 aromatic rings. The molecule has 10 nitrogen and oxygen atoms in total. The van der Waals surface area contributed by atoms with Crippen LogP contribution in [0.3, 0.4) is 0 Å². The van der Waals surface area contributed by atoms with E-state index in [2.05, 4.69) is 21.3 Å². The Balaban J connectivity index is 1.46. The lowest BCUT2D eigenvalue weighted by atomic mass is 9.84. The number of para-hydroxylation sites is 1. The third-order valence-corrected chi connectivity index (χ3v) is 7.19. The average molecular weight is 575 g/mol. The Morgan fingerprint density at radius 3 is 2.17 bits per heavy atom. The number of benzene rings is 3. The summed E-state index contributed by atoms with van der Waals surface area (Å²) in [5, 5.41) is 11.6. The number of carbonyl (C=O) groups excluding carboxylic acids is 3. The molecule has 1 saturated heterocycles. The van der Waals surface area contributed by atoms with Gasteiger partial charge in [0.15, 0.2) is 0 Å². The molecule has 0 bridgehead atoms. The largest absolute Gasteiger partial charge is 0.453 e. The van der Waals surface area contributed by atoms with Gasteiger partial charge in [-0.15, -0.1) is 0 Å². The zero-order chi connectivity index (χ0) is 29.7. The maximum atomic E-state index is 13.9. The van der Waals surface area contributed by atoms with Crippen molar-refractivity contribution in [1.29, 1.82) is 0 Å². The lowest BCUT2D eigenvalue weighted by Crippen LogP contribution is -2.49. The van der Waals surface area contributed by atoms with Gasteiger partial charge < -0.3 is 35.5 Å². The third-order valence-electron chi connectivity index (χ3n) is 7.19. The van der Waals surface area contributed by atoms with Crippen LogP contribution >= 0.6 is 0 Å². The predicted molar refractivity (Wildman–Crippen MR) is 159 cm³/mol. The standard InChI is InChI=1S/C32H38N4O6/c1-33-31(38)42-21-25-20-41-26(19-34-25)18-17-22-11-9-10-16-27(22)35-30(37)29(36-32(39)40-2)28(23-12-5-3-6-13-23)24-14-7-4-8-15-24/h3-16,25-26,28-29,34H,17-21H2,1-2H3,(H,33,38)(H,35,37)(H,36,39)/t25-,26+,29-/m0/s1. The monoisotopic (exact) mass is 574 g/mol. The molecule has 4 N–H and O–H groups in total. The van der Waals surface area contributed by atoms with Crippen molar-refractivity contribution < 1.29 is 28.6 Å². The van der Waals surface area contributed by atoms with Gasteiger partial charge in [-0.05, 0) is 35.6 Å². The van der Waals surface area contributed by atoms with Gasteiger partial charge >= 0.3 is 12.2 Å². The van der Waals surface area contributed by atoms with Gasteiger partial charge in [0.2, 0.25) is 5.91 Å². The Morgan fingerprint density at radius 1 is 0.929 bits per heavy atom. The summed E-state index contributed by atoms with van der Waals surface area (Å²) in [7, 11) is 2.79. The van der Waals surface area contributed by atoms with Crippen molar-refractivity contribution in [2.75, 3.05) is 39.2 Å². The van der Waals surface area contributed by atoms with Crippen molar-refractivity contribution in [2.24, 2.45) is 0 Å². The summed E-state index contributed by atoms with van der Waals surface area (Å²) in [6.07, 6.45) is 0.197. The topological polar surface area (TPSA) is 127 Å². The Hall–Kier alpha value is -4.41. The van der Waals surface area contributed by atoms with E-state index in [9.17, 15) is 14.4 Å². The molecule has 1 fully saturated rings. The lowest BCUT2D eigenvalue weighted by Gasteiger charge is -2.30. The second kappa shape index (κ2) is 15.6. The number of hydrogen-bond acceptors (Lipinski definition) is 7. The maximum absolute atomic E-state index is 13.9. The van der Waals surface area contributed by atoms with Crippen LogP contribution in [0, 0.1) is 0 Å². The van der Waals surface area contributed by atoms with Crippen LogP contribution in [0.5, 0.6) is 0 Å². The molecule has 3 aromatic carbocycles. The first kappa shape index (κ1) is 30.5. The molecule has 0 saturated carbocycles. The van der Waals surface area contributed by atoms with Crippen molar-refractivity contribution in [3.05, 3.63) is 102 Å². The third kappa shape index (κ3) is 8.55. The van der Waals surface area contributed by atoms with Crippen molar-refractivity contribution in [1.82, 2.24) is 16.0 Å². The van der Waals surface area contributed by atoms with E-state index < -0.39 is 24.1 Å². The van der Waals surface area contributed by atoms with Crippen LogP contribution in [0.4, 0.5) is 15.3 Å². The second-order valence-electron chi connectivity index (χ2n) is 10.0. The molecular formula is C32H38N4O6. The fraction of sp³-hybridized carbons (Fsp3) is 0.344. The highest BCUT2D eigenvalue weighted by atomic mass is 16.6. The highest BCUT2D eigenvalue weighted by Gasteiger charge is 2.33. The minimum Gasteiger partial charge on any atom is -0.453 e. The van der Waals surface area contributed by atoms with E-state index in [0.29, 0.717) is 25.3 Å². The Bertz CT molecular complexity index is 1260. The highest BCUT2D eigenvalue weighted by molar-refractivity contribution is 5.98. The van der Waals surface area contributed by atoms with Crippen molar-refractivity contribution in [3.8, 4) is 0 Å². The average Bonchev–Trinajstić information content (AvgIpc) is 3.04. The number of methoxy groups -OCH3 is 1. The summed E-state index contributed by atoms with van der Waals surface area (Å²) in [5.41, 5.74) is 3.39. The van der Waals surface area contributed by atoms with E-state index in [4.69, 9.17) is 14.2 Å². The van der Waals surface area contributed by atoms with Gasteiger partial charge in [0.25, 0.3) is 0 Å². The van der Waals surface area contributed by atoms with E-state index in [1.54, 1.807) is 0 Å². The zero-order valence-corrected chi connectivity index (χ0v) is 23.9. The summed E-state index contributed by atoms with van der Waals surface area (Å²) >= 11 is 0. The summed E-state index contributed by atoms with van der Waals surface area (Å²) in [6, 6.07) is 25.8. The van der Waals surface area contributed by atoms with Crippen molar-refractivity contribution >= 4 is 23.8 Å². The second-order valence-corrected chi connectivity index (χ2v) is 10.0. The zero-order valence-electron chi connectivity index (χ0n) is 23.9. The molecule has 1 aliphatic heterocycles. The lowest BCUT2D eigenvalue weighted by molar-refractivity contribution is -0.118. The van der Waals surface area contributed by atoms with E-state index >= 15 is 0 Å². The van der Waals surface area contributed by atoms with Crippen molar-refractivity contribution in [3.63, 3.8) is 0 Å². The van der Waals surface area contributed by atoms with Gasteiger partial charge in [0.05, 0.1) is 25.9 Å². The molecule has 0 aromatic heterocycles. The Kier molecular flexibility index (Phi) is 11.3. The van der Waals surface area contributed by atoms with Gasteiger partial charge in [0, 0.05) is 25.2 Å². The van der Waals surface area contributed by atoms with Crippen LogP contribution in [0.1, 0.15) is 29.0 Å². The van der Waals surface area contributed by atoms with Crippen LogP contribution in [-0.2, 0) is 25.4 Å². The maximum Gasteiger partial charge on any atom is 0.407 e. The summed E-state index contributed by atoms with van der Waals surface area (Å²) in [4.78, 5) is 37.7. The SMILES string of the molecule is CNC(=O)OC[C@@H]1CO[C@H](CCc2ccccc2NC(=O)[C@@H](NC(=O)OC)C(c2ccccc2)c2ccccc2)CN1. The first-order valence-corrected chi connectivity index (χ1v) is 14.0. The highest BCUT2D eigenvalue weighted by Crippen LogP contribution is 2.30. The molecule has 0 spiro atoms. The molecule has 3 amide bonds. The quantitative estimate of drug-likeness (QED) is 0.274. The van der Waals surface area contributed by atoms with Gasteiger partial charge in [-0.1, -0.05) is 78.9 Å². The molecule has 10 heteroatoms. The number of carbonyl (C=O) groups is 3. The Labute approximate surface area is 246 Å². The first-order chi connectivity index (χ1) is 20.5. The molecule has 0 aliphatic carbocycles. The molecule has 222 valence electrons. The number of alkyl carbamates (subject to hydrolysis) is 2. The first-order valence-electron chi connectivity index (χ1n) is 14.0. The molecular weight excluding hydrogens is 536 g/mol. The molecule has 0 radical (unpaired) electrons. The summed E-state index contributed by atoms with van der Waals surface area (Å²) < 4.78 is 16.0. The van der Waals surface area contributed by atoms with Gasteiger partial charge in [-0.3, -0.25) is 4.79 Å². The molecule has 42 heavy (non-hydrogen) atoms. The van der Waals surface area contributed by atoms with E-state index in [1.165, 1.54) is 14.2 Å². The van der Waals surface area contributed by atoms with Gasteiger partial charge in [-0.25, -0.2) is 9.59 Å². The fourth-order valence-electron chi connectivity index (χ4n) is 4.98. The number of anilines is 1. The number of nitrogens with one attached hydrogen (secondary N) is 4. The van der Waals surface area contributed by atoms with Crippen LogP contribution in [0.2, 0.25) is 0 Å². The molecule has 1 aliphatic rings. The number of ether oxygens (including phenoxy) is 3. The predicted octanol–water partition coefficient (Wildman–Crippen LogP) is 3.83. The number of morpholine rings is 1. The number of hydrogen-bond donors (Lipinski definition) is 4.